The molecule has 0 radical (unpaired) electrons. The summed E-state index contributed by atoms with van der Waals surface area (Å²) >= 11 is 0. The lowest BCUT2D eigenvalue weighted by Crippen LogP contribution is -2.56. The monoisotopic (exact) mass is 417 g/mol. The van der Waals surface area contributed by atoms with E-state index < -0.39 is 45.7 Å². The number of aliphatic carboxylic acids is 1. The largest absolute Gasteiger partial charge is 0.480 e. The Labute approximate surface area is 165 Å². The second kappa shape index (κ2) is 9.21. The van der Waals surface area contributed by atoms with Gasteiger partial charge in [-0.25, -0.2) is 13.2 Å². The molecule has 160 valence electrons. The molecule has 2 amide bonds. The standard InChI is InChI=1S/C18H31N3O6S/c1-3-13(18(24)25)20-16(22)15-10-11-6-4-5-7-14(11)21(15)17(23)12(19)8-9-28(2,26)27/h11-15H,3-10,19H2,1-2H3,(H,20,22)(H,24,25)/t11?,12-,13-,14?,15-/m0/s1. The number of nitrogens with zero attached hydrogens (tertiary/aromatic N) is 1. The number of carbonyl (C=O) groups excluding carboxylic acids is 2. The average Bonchev–Trinajstić information content (AvgIpc) is 3.02. The van der Waals surface area contributed by atoms with Crippen LogP contribution in [0.15, 0.2) is 0 Å². The molecule has 0 aromatic rings. The number of sulfone groups is 1. The lowest BCUT2D eigenvalue weighted by Gasteiger charge is -2.35. The molecule has 10 heteroatoms. The van der Waals surface area contributed by atoms with Gasteiger partial charge in [-0.2, -0.15) is 0 Å². The number of carboxylic acid groups (broad SMARTS) is 1. The molecule has 2 fully saturated rings. The zero-order valence-corrected chi connectivity index (χ0v) is 17.3. The van der Waals surface area contributed by atoms with Gasteiger partial charge < -0.3 is 21.1 Å². The second-order valence-electron chi connectivity index (χ2n) is 7.94. The van der Waals surface area contributed by atoms with Gasteiger partial charge in [-0.05, 0) is 38.0 Å². The molecule has 0 aromatic heterocycles. The molecular weight excluding hydrogens is 386 g/mol. The number of nitrogens with two attached hydrogens (primary N) is 1. The first kappa shape index (κ1) is 22.6. The number of amides is 2. The maximum absolute atomic E-state index is 13.0. The van der Waals surface area contributed by atoms with Crippen molar-refractivity contribution >= 4 is 27.6 Å². The zero-order valence-electron chi connectivity index (χ0n) is 16.5. The molecule has 1 aliphatic carbocycles. The molecule has 9 nitrogen and oxygen atoms in total. The predicted octanol–water partition coefficient (Wildman–Crippen LogP) is -0.112. The molecule has 1 heterocycles. The lowest BCUT2D eigenvalue weighted by atomic mass is 9.84. The summed E-state index contributed by atoms with van der Waals surface area (Å²) in [6.45, 7) is 1.66. The smallest absolute Gasteiger partial charge is 0.326 e. The highest BCUT2D eigenvalue weighted by Crippen LogP contribution is 2.40. The third-order valence-corrected chi connectivity index (χ3v) is 6.76. The Balaban J connectivity index is 2.18. The van der Waals surface area contributed by atoms with Crippen LogP contribution in [0.2, 0.25) is 0 Å². The number of nitrogens with one attached hydrogen (secondary N) is 1. The van der Waals surface area contributed by atoms with Crippen molar-refractivity contribution < 1.29 is 27.9 Å². The van der Waals surface area contributed by atoms with E-state index in [4.69, 9.17) is 5.73 Å². The van der Waals surface area contributed by atoms with E-state index in [0.717, 1.165) is 31.9 Å². The van der Waals surface area contributed by atoms with Gasteiger partial charge in [0.15, 0.2) is 0 Å². The number of likely N-dealkylation sites (tertiary alicyclic amines) is 1. The Morgan fingerprint density at radius 3 is 2.46 bits per heavy atom. The number of carbonyl (C=O) groups is 3. The first-order valence-corrected chi connectivity index (χ1v) is 11.9. The van der Waals surface area contributed by atoms with Crippen LogP contribution in [0.4, 0.5) is 0 Å². The third-order valence-electron chi connectivity index (χ3n) is 5.78. The van der Waals surface area contributed by atoms with Crippen molar-refractivity contribution in [2.24, 2.45) is 11.7 Å². The van der Waals surface area contributed by atoms with E-state index >= 15 is 0 Å². The van der Waals surface area contributed by atoms with Gasteiger partial charge >= 0.3 is 5.97 Å². The second-order valence-corrected chi connectivity index (χ2v) is 10.2. The van der Waals surface area contributed by atoms with E-state index in [1.807, 2.05) is 0 Å². The summed E-state index contributed by atoms with van der Waals surface area (Å²) in [6, 6.07) is -2.89. The molecule has 5 atom stereocenters. The SMILES string of the molecule is CC[C@H](NC(=O)[C@@H]1CC2CCCCC2N1C(=O)[C@@H](N)CCS(C)(=O)=O)C(=O)O. The molecule has 0 bridgehead atoms. The van der Waals surface area contributed by atoms with Crippen LogP contribution < -0.4 is 11.1 Å². The molecule has 0 aromatic carbocycles. The molecule has 1 saturated carbocycles. The van der Waals surface area contributed by atoms with Gasteiger partial charge in [-0.15, -0.1) is 0 Å². The maximum atomic E-state index is 13.0. The summed E-state index contributed by atoms with van der Waals surface area (Å²) in [5, 5.41) is 11.7. The average molecular weight is 418 g/mol. The van der Waals surface area contributed by atoms with E-state index in [1.54, 1.807) is 6.92 Å². The van der Waals surface area contributed by atoms with Crippen LogP contribution in [0.1, 0.15) is 51.9 Å². The van der Waals surface area contributed by atoms with Crippen LogP contribution in [-0.4, -0.2) is 72.4 Å². The fourth-order valence-corrected chi connectivity index (χ4v) is 4.96. The number of rotatable bonds is 8. The Morgan fingerprint density at radius 1 is 1.25 bits per heavy atom. The molecule has 0 spiro atoms. The minimum absolute atomic E-state index is 0.00734. The van der Waals surface area contributed by atoms with Crippen molar-refractivity contribution in [2.45, 2.75) is 76.0 Å². The highest BCUT2D eigenvalue weighted by Gasteiger charge is 2.48. The maximum Gasteiger partial charge on any atom is 0.326 e. The number of fused-ring (bicyclic) bond motifs is 1. The van der Waals surface area contributed by atoms with Crippen molar-refractivity contribution in [2.75, 3.05) is 12.0 Å². The Morgan fingerprint density at radius 2 is 1.89 bits per heavy atom. The minimum atomic E-state index is -3.25. The van der Waals surface area contributed by atoms with Gasteiger partial charge in [-0.3, -0.25) is 9.59 Å². The van der Waals surface area contributed by atoms with Gasteiger partial charge in [0, 0.05) is 12.3 Å². The Hall–Kier alpha value is -1.68. The Bertz CT molecular complexity index is 710. The van der Waals surface area contributed by atoms with Crippen molar-refractivity contribution in [1.29, 1.82) is 0 Å². The molecule has 2 aliphatic rings. The first-order chi connectivity index (χ1) is 13.0. The molecule has 28 heavy (non-hydrogen) atoms. The summed E-state index contributed by atoms with van der Waals surface area (Å²) in [7, 11) is -3.25. The summed E-state index contributed by atoms with van der Waals surface area (Å²) in [6.07, 6.45) is 5.47. The number of hydrogen-bond donors (Lipinski definition) is 3. The van der Waals surface area contributed by atoms with Gasteiger partial charge in [0.1, 0.15) is 21.9 Å². The number of hydrogen-bond acceptors (Lipinski definition) is 6. The topological polar surface area (TPSA) is 147 Å². The highest BCUT2D eigenvalue weighted by molar-refractivity contribution is 7.90. The van der Waals surface area contributed by atoms with Crippen LogP contribution >= 0.6 is 0 Å². The van der Waals surface area contributed by atoms with Crippen LogP contribution in [-0.2, 0) is 24.2 Å². The van der Waals surface area contributed by atoms with Gasteiger partial charge in [0.2, 0.25) is 11.8 Å². The van der Waals surface area contributed by atoms with E-state index in [2.05, 4.69) is 5.32 Å². The lowest BCUT2D eigenvalue weighted by molar-refractivity contribution is -0.145. The van der Waals surface area contributed by atoms with Gasteiger partial charge in [0.05, 0.1) is 11.8 Å². The third kappa shape index (κ3) is 5.44. The first-order valence-electron chi connectivity index (χ1n) is 9.83. The molecule has 1 aliphatic heterocycles. The predicted molar refractivity (Wildman–Crippen MR) is 103 cm³/mol. The van der Waals surface area contributed by atoms with Gasteiger partial charge in [-0.1, -0.05) is 19.8 Å². The van der Waals surface area contributed by atoms with Crippen molar-refractivity contribution in [3.8, 4) is 0 Å². The molecular formula is C18H31N3O6S. The Kier molecular flexibility index (Phi) is 7.44. The molecule has 2 unspecified atom stereocenters. The van der Waals surface area contributed by atoms with Crippen molar-refractivity contribution in [3.05, 3.63) is 0 Å². The van der Waals surface area contributed by atoms with Crippen LogP contribution in [0.25, 0.3) is 0 Å². The normalized spacial score (nSPS) is 27.0. The summed E-state index contributed by atoms with van der Waals surface area (Å²) in [5.74, 6) is -2.04. The fourth-order valence-electron chi connectivity index (χ4n) is 4.27. The summed E-state index contributed by atoms with van der Waals surface area (Å²) in [4.78, 5) is 38.6. The number of carboxylic acids is 1. The highest BCUT2D eigenvalue weighted by atomic mass is 32.2. The zero-order chi connectivity index (χ0) is 21.1. The van der Waals surface area contributed by atoms with E-state index in [0.29, 0.717) is 6.42 Å². The molecule has 1 saturated heterocycles. The van der Waals surface area contributed by atoms with Crippen molar-refractivity contribution in [1.82, 2.24) is 10.2 Å². The van der Waals surface area contributed by atoms with E-state index in [1.165, 1.54) is 4.90 Å². The van der Waals surface area contributed by atoms with E-state index in [9.17, 15) is 27.9 Å². The van der Waals surface area contributed by atoms with E-state index in [-0.39, 0.29) is 30.6 Å². The minimum Gasteiger partial charge on any atom is -0.480 e. The summed E-state index contributed by atoms with van der Waals surface area (Å²) in [5.41, 5.74) is 5.98. The van der Waals surface area contributed by atoms with Crippen LogP contribution in [0.5, 0.6) is 0 Å². The fraction of sp³-hybridized carbons (Fsp3) is 0.833. The van der Waals surface area contributed by atoms with Crippen LogP contribution in [0, 0.1) is 5.92 Å². The van der Waals surface area contributed by atoms with Crippen molar-refractivity contribution in [3.63, 3.8) is 0 Å². The van der Waals surface area contributed by atoms with Crippen LogP contribution in [0.3, 0.4) is 0 Å². The summed E-state index contributed by atoms with van der Waals surface area (Å²) < 4.78 is 22.8. The molecule has 2 rings (SSSR count). The van der Waals surface area contributed by atoms with Gasteiger partial charge in [0.25, 0.3) is 0 Å². The molecule has 4 N–H and O–H groups in total. The quantitative estimate of drug-likeness (QED) is 0.499.